The van der Waals surface area contributed by atoms with E-state index in [0.29, 0.717) is 17.4 Å². The van der Waals surface area contributed by atoms with Gasteiger partial charge in [-0.15, -0.1) is 11.8 Å². The van der Waals surface area contributed by atoms with Crippen LogP contribution >= 0.6 is 11.8 Å². The van der Waals surface area contributed by atoms with Gasteiger partial charge in [0.2, 0.25) is 0 Å². The van der Waals surface area contributed by atoms with Crippen molar-refractivity contribution in [3.05, 3.63) is 62.4 Å². The van der Waals surface area contributed by atoms with Crippen LogP contribution in [0.3, 0.4) is 0 Å². The highest BCUT2D eigenvalue weighted by Gasteiger charge is 2.22. The average molecular weight is 274 g/mol. The minimum atomic E-state index is -0.327. The summed E-state index contributed by atoms with van der Waals surface area (Å²) < 4.78 is 1.60. The zero-order valence-electron chi connectivity index (χ0n) is 10.6. The first-order chi connectivity index (χ1) is 9.13. The molecule has 0 saturated carbocycles. The lowest BCUT2D eigenvalue weighted by Crippen LogP contribution is -2.33. The molecule has 0 amide bonds. The van der Waals surface area contributed by atoms with E-state index >= 15 is 0 Å². The van der Waals surface area contributed by atoms with E-state index < -0.39 is 0 Å². The number of nitrogens with zero attached hydrogens (tertiary/aromatic N) is 1. The second-order valence-corrected chi connectivity index (χ2v) is 6.12. The predicted octanol–water partition coefficient (Wildman–Crippen LogP) is 1.56. The fourth-order valence-electron chi connectivity index (χ4n) is 2.33. The minimum Gasteiger partial charge on any atom is -0.299 e. The van der Waals surface area contributed by atoms with E-state index in [0.717, 1.165) is 6.42 Å². The highest BCUT2D eigenvalue weighted by molar-refractivity contribution is 8.00. The number of thioether (sulfide) groups is 1. The Morgan fingerprint density at radius 2 is 2.16 bits per heavy atom. The normalized spacial score (nSPS) is 17.4. The van der Waals surface area contributed by atoms with Crippen LogP contribution in [0.5, 0.6) is 0 Å². The van der Waals surface area contributed by atoms with Gasteiger partial charge in [0, 0.05) is 28.5 Å². The molecule has 4 nitrogen and oxygen atoms in total. The summed E-state index contributed by atoms with van der Waals surface area (Å²) in [6.07, 6.45) is 2.61. The van der Waals surface area contributed by atoms with Crippen molar-refractivity contribution in [1.82, 2.24) is 9.55 Å². The van der Waals surface area contributed by atoms with E-state index in [1.54, 1.807) is 29.4 Å². The highest BCUT2D eigenvalue weighted by atomic mass is 32.2. The second-order valence-electron chi connectivity index (χ2n) is 4.78. The van der Waals surface area contributed by atoms with Crippen LogP contribution in [0.1, 0.15) is 11.1 Å². The van der Waals surface area contributed by atoms with Crippen LogP contribution in [0, 0.1) is 6.92 Å². The van der Waals surface area contributed by atoms with Crippen LogP contribution in [0.25, 0.3) is 0 Å². The fraction of sp³-hybridized carbons (Fsp3) is 0.286. The van der Waals surface area contributed by atoms with E-state index in [1.165, 1.54) is 10.5 Å². The van der Waals surface area contributed by atoms with Gasteiger partial charge in [0.25, 0.3) is 5.56 Å². The van der Waals surface area contributed by atoms with Gasteiger partial charge in [-0.2, -0.15) is 0 Å². The molecule has 0 saturated heterocycles. The lowest BCUT2D eigenvalue weighted by molar-refractivity contribution is 0.618. The number of H-pyrrole nitrogens is 1. The molecule has 3 rings (SSSR count). The summed E-state index contributed by atoms with van der Waals surface area (Å²) in [5.41, 5.74) is 1.28. The molecule has 1 aliphatic rings. The summed E-state index contributed by atoms with van der Waals surface area (Å²) in [5, 5.41) is 0.348. The number of hydrogen-bond acceptors (Lipinski definition) is 3. The number of hydrogen-bond donors (Lipinski definition) is 1. The summed E-state index contributed by atoms with van der Waals surface area (Å²) in [6, 6.07) is 8.31. The molecule has 1 unspecified atom stereocenters. The van der Waals surface area contributed by atoms with Crippen LogP contribution < -0.4 is 11.2 Å². The number of benzene rings is 1. The monoisotopic (exact) mass is 274 g/mol. The van der Waals surface area contributed by atoms with Gasteiger partial charge in [-0.05, 0) is 25.0 Å². The van der Waals surface area contributed by atoms with Crippen molar-refractivity contribution in [2.45, 2.75) is 30.0 Å². The molecule has 1 N–H and O–H groups in total. The van der Waals surface area contributed by atoms with E-state index in [4.69, 9.17) is 0 Å². The van der Waals surface area contributed by atoms with Gasteiger partial charge in [0.05, 0.1) is 0 Å². The highest BCUT2D eigenvalue weighted by Crippen LogP contribution is 2.37. The third kappa shape index (κ3) is 2.38. The van der Waals surface area contributed by atoms with Gasteiger partial charge in [0.1, 0.15) is 0 Å². The largest absolute Gasteiger partial charge is 0.328 e. The Hall–Kier alpha value is -1.75. The van der Waals surface area contributed by atoms with Gasteiger partial charge < -0.3 is 0 Å². The molecule has 1 aliphatic heterocycles. The van der Waals surface area contributed by atoms with Crippen molar-refractivity contribution in [2.24, 2.45) is 0 Å². The minimum absolute atomic E-state index is 0.302. The van der Waals surface area contributed by atoms with Crippen LogP contribution in [-0.2, 0) is 13.0 Å². The summed E-state index contributed by atoms with van der Waals surface area (Å²) in [6.45, 7) is 2.33. The summed E-state index contributed by atoms with van der Waals surface area (Å²) in [7, 11) is 0. The quantitative estimate of drug-likeness (QED) is 0.904. The van der Waals surface area contributed by atoms with Crippen molar-refractivity contribution >= 4 is 11.8 Å². The maximum atomic E-state index is 11.8. The van der Waals surface area contributed by atoms with Gasteiger partial charge in [-0.3, -0.25) is 14.3 Å². The molecular weight excluding hydrogens is 260 g/mol. The van der Waals surface area contributed by atoms with Crippen LogP contribution in [0.4, 0.5) is 0 Å². The third-order valence-electron chi connectivity index (χ3n) is 3.30. The van der Waals surface area contributed by atoms with E-state index in [9.17, 15) is 9.59 Å². The van der Waals surface area contributed by atoms with E-state index in [-0.39, 0.29) is 11.2 Å². The Bertz CT molecular complexity index is 708. The summed E-state index contributed by atoms with van der Waals surface area (Å²) in [5.74, 6) is 0. The molecule has 19 heavy (non-hydrogen) atoms. The zero-order valence-corrected chi connectivity index (χ0v) is 11.4. The lowest BCUT2D eigenvalue weighted by atomic mass is 10.1. The van der Waals surface area contributed by atoms with Gasteiger partial charge >= 0.3 is 5.69 Å². The summed E-state index contributed by atoms with van der Waals surface area (Å²) in [4.78, 5) is 26.7. The van der Waals surface area contributed by atoms with Gasteiger partial charge in [-0.1, -0.05) is 18.2 Å². The summed E-state index contributed by atoms with van der Waals surface area (Å²) >= 11 is 1.80. The van der Waals surface area contributed by atoms with Crippen molar-refractivity contribution < 1.29 is 0 Å². The van der Waals surface area contributed by atoms with Crippen molar-refractivity contribution in [3.8, 4) is 0 Å². The maximum absolute atomic E-state index is 11.8. The molecule has 1 aromatic carbocycles. The zero-order chi connectivity index (χ0) is 13.4. The van der Waals surface area contributed by atoms with Crippen molar-refractivity contribution in [2.75, 3.05) is 0 Å². The van der Waals surface area contributed by atoms with Crippen molar-refractivity contribution in [3.63, 3.8) is 0 Å². The first-order valence-corrected chi connectivity index (χ1v) is 7.06. The molecule has 0 spiro atoms. The number of fused-ring (bicyclic) bond motifs is 1. The number of aromatic nitrogens is 2. The Kier molecular flexibility index (Phi) is 3.06. The smallest absolute Gasteiger partial charge is 0.299 e. The lowest BCUT2D eigenvalue weighted by Gasteiger charge is -2.11. The van der Waals surface area contributed by atoms with Crippen LogP contribution in [0.2, 0.25) is 0 Å². The first-order valence-electron chi connectivity index (χ1n) is 6.18. The molecule has 1 aromatic heterocycles. The number of aromatic amines is 1. The third-order valence-corrected chi connectivity index (χ3v) is 4.60. The molecule has 1 atom stereocenters. The standard InChI is InChI=1S/C14H14N2O2S/c1-9-7-16(14(18)15-13(9)17)8-11-6-10-4-2-3-5-12(10)19-11/h2-5,7,11H,6,8H2,1H3,(H,15,17,18). The molecule has 2 heterocycles. The SMILES string of the molecule is Cc1cn(CC2Cc3ccccc3S2)c(=O)[nH]c1=O. The molecule has 98 valence electrons. The molecule has 0 aliphatic carbocycles. The number of rotatable bonds is 2. The Morgan fingerprint density at radius 3 is 2.95 bits per heavy atom. The fourth-order valence-corrected chi connectivity index (χ4v) is 3.65. The second kappa shape index (κ2) is 4.74. The van der Waals surface area contributed by atoms with Crippen molar-refractivity contribution in [1.29, 1.82) is 0 Å². The van der Waals surface area contributed by atoms with E-state index in [1.807, 2.05) is 12.1 Å². The number of aryl methyl sites for hydroxylation is 1. The molecule has 5 heteroatoms. The maximum Gasteiger partial charge on any atom is 0.328 e. The van der Waals surface area contributed by atoms with E-state index in [2.05, 4.69) is 17.1 Å². The molecule has 0 radical (unpaired) electrons. The Morgan fingerprint density at radius 1 is 1.37 bits per heavy atom. The van der Waals surface area contributed by atoms with Gasteiger partial charge in [-0.25, -0.2) is 4.79 Å². The molecular formula is C14H14N2O2S. The number of nitrogens with one attached hydrogen (secondary N) is 1. The Labute approximate surface area is 114 Å². The topological polar surface area (TPSA) is 54.9 Å². The molecule has 2 aromatic rings. The van der Waals surface area contributed by atoms with Crippen LogP contribution in [0.15, 0.2) is 44.9 Å². The van der Waals surface area contributed by atoms with Gasteiger partial charge in [0.15, 0.2) is 0 Å². The molecule has 0 fully saturated rings. The van der Waals surface area contributed by atoms with Crippen LogP contribution in [-0.4, -0.2) is 14.8 Å². The average Bonchev–Trinajstić information content (AvgIpc) is 2.78. The molecule has 0 bridgehead atoms. The Balaban J connectivity index is 1.83. The predicted molar refractivity (Wildman–Crippen MR) is 75.9 cm³/mol. The first kappa shape index (κ1) is 12.3.